The average molecular weight is 251 g/mol. The Bertz CT molecular complexity index is 375. The quantitative estimate of drug-likeness (QED) is 0.817. The zero-order chi connectivity index (χ0) is 13.7. The van der Waals surface area contributed by atoms with Crippen molar-refractivity contribution in [3.63, 3.8) is 0 Å². The summed E-state index contributed by atoms with van der Waals surface area (Å²) in [5, 5.41) is 13.4. The molecule has 1 unspecified atom stereocenters. The molecule has 0 fully saturated rings. The van der Waals surface area contributed by atoms with Crippen molar-refractivity contribution in [3.05, 3.63) is 29.3 Å². The zero-order valence-electron chi connectivity index (χ0n) is 12.0. The summed E-state index contributed by atoms with van der Waals surface area (Å²) in [6.45, 7) is 8.95. The lowest BCUT2D eigenvalue weighted by Gasteiger charge is -2.18. The van der Waals surface area contributed by atoms with Gasteiger partial charge in [-0.2, -0.15) is 0 Å². The topological polar surface area (TPSA) is 41.5 Å². The van der Waals surface area contributed by atoms with Gasteiger partial charge in [0.05, 0.1) is 13.2 Å². The number of ether oxygens (including phenoxy) is 1. The van der Waals surface area contributed by atoms with E-state index < -0.39 is 6.10 Å². The molecule has 0 heterocycles. The number of hydrogen-bond donors (Lipinski definition) is 2. The van der Waals surface area contributed by atoms with Gasteiger partial charge in [-0.25, -0.2) is 0 Å². The Labute approximate surface area is 110 Å². The summed E-state index contributed by atoms with van der Waals surface area (Å²) in [5.74, 6) is 1.22. The van der Waals surface area contributed by atoms with Gasteiger partial charge in [-0.3, -0.25) is 0 Å². The maximum absolute atomic E-state index is 10.2. The van der Waals surface area contributed by atoms with Crippen molar-refractivity contribution in [2.45, 2.75) is 45.8 Å². The second-order valence-electron chi connectivity index (χ2n) is 5.23. The summed E-state index contributed by atoms with van der Waals surface area (Å²) in [7, 11) is 1.64. The van der Waals surface area contributed by atoms with Crippen LogP contribution in [-0.4, -0.2) is 24.8 Å². The van der Waals surface area contributed by atoms with Crippen molar-refractivity contribution >= 4 is 0 Å². The van der Waals surface area contributed by atoms with E-state index in [-0.39, 0.29) is 0 Å². The Morgan fingerprint density at radius 1 is 1.22 bits per heavy atom. The molecular weight excluding hydrogens is 226 g/mol. The molecule has 1 atom stereocenters. The molecule has 102 valence electrons. The third kappa shape index (κ3) is 4.00. The van der Waals surface area contributed by atoms with Crippen molar-refractivity contribution in [2.75, 3.05) is 13.7 Å². The Hall–Kier alpha value is -1.06. The van der Waals surface area contributed by atoms with Crippen LogP contribution in [0.3, 0.4) is 0 Å². The monoisotopic (exact) mass is 251 g/mol. The standard InChI is InChI=1S/C15H25NO2/c1-10(2)12-6-7-13(15(8-12)18-5)14(17)9-16-11(3)4/h6-8,10-11,14,16-17H,9H2,1-5H3. The summed E-state index contributed by atoms with van der Waals surface area (Å²) in [6, 6.07) is 6.39. The lowest BCUT2D eigenvalue weighted by molar-refractivity contribution is 0.167. The molecule has 1 rings (SSSR count). The van der Waals surface area contributed by atoms with E-state index in [0.29, 0.717) is 18.5 Å². The van der Waals surface area contributed by atoms with Gasteiger partial charge < -0.3 is 15.2 Å². The van der Waals surface area contributed by atoms with Crippen LogP contribution in [0.1, 0.15) is 50.8 Å². The average Bonchev–Trinajstić information content (AvgIpc) is 2.34. The molecule has 0 bridgehead atoms. The minimum absolute atomic E-state index is 0.362. The number of nitrogens with one attached hydrogen (secondary N) is 1. The summed E-state index contributed by atoms with van der Waals surface area (Å²) in [6.07, 6.45) is -0.538. The molecule has 0 saturated heterocycles. The van der Waals surface area contributed by atoms with Crippen LogP contribution in [0, 0.1) is 0 Å². The minimum Gasteiger partial charge on any atom is -0.496 e. The van der Waals surface area contributed by atoms with Gasteiger partial charge in [-0.05, 0) is 17.5 Å². The van der Waals surface area contributed by atoms with Crippen LogP contribution < -0.4 is 10.1 Å². The highest BCUT2D eigenvalue weighted by atomic mass is 16.5. The number of benzene rings is 1. The molecular formula is C15H25NO2. The SMILES string of the molecule is COc1cc(C(C)C)ccc1C(O)CNC(C)C. The van der Waals surface area contributed by atoms with Gasteiger partial charge in [-0.1, -0.05) is 39.8 Å². The van der Waals surface area contributed by atoms with E-state index in [1.807, 2.05) is 12.1 Å². The van der Waals surface area contributed by atoms with Crippen LogP contribution in [0.2, 0.25) is 0 Å². The maximum atomic E-state index is 10.2. The fraction of sp³-hybridized carbons (Fsp3) is 0.600. The number of methoxy groups -OCH3 is 1. The molecule has 1 aromatic carbocycles. The van der Waals surface area contributed by atoms with Gasteiger partial charge in [0.25, 0.3) is 0 Å². The molecule has 0 aliphatic carbocycles. The Morgan fingerprint density at radius 3 is 2.39 bits per heavy atom. The molecule has 0 saturated carbocycles. The summed E-state index contributed by atoms with van der Waals surface area (Å²) < 4.78 is 5.38. The Kier molecular flexibility index (Phi) is 5.63. The number of aliphatic hydroxyl groups is 1. The van der Waals surface area contributed by atoms with E-state index in [2.05, 4.69) is 39.1 Å². The molecule has 3 nitrogen and oxygen atoms in total. The molecule has 1 aromatic rings. The smallest absolute Gasteiger partial charge is 0.124 e. The van der Waals surface area contributed by atoms with Crippen molar-refractivity contribution in [2.24, 2.45) is 0 Å². The van der Waals surface area contributed by atoms with Gasteiger partial charge in [0.2, 0.25) is 0 Å². The highest BCUT2D eigenvalue weighted by molar-refractivity contribution is 5.40. The first kappa shape index (κ1) is 15.0. The minimum atomic E-state index is -0.538. The molecule has 0 aliphatic rings. The predicted molar refractivity (Wildman–Crippen MR) is 75.2 cm³/mol. The van der Waals surface area contributed by atoms with E-state index in [4.69, 9.17) is 4.74 Å². The molecule has 18 heavy (non-hydrogen) atoms. The Morgan fingerprint density at radius 2 is 1.89 bits per heavy atom. The summed E-state index contributed by atoms with van der Waals surface area (Å²) in [4.78, 5) is 0. The van der Waals surface area contributed by atoms with Crippen LogP contribution in [0.5, 0.6) is 5.75 Å². The van der Waals surface area contributed by atoms with E-state index in [1.54, 1.807) is 7.11 Å². The lowest BCUT2D eigenvalue weighted by atomic mass is 9.98. The molecule has 0 radical (unpaired) electrons. The first-order valence-electron chi connectivity index (χ1n) is 6.55. The molecule has 0 aromatic heterocycles. The van der Waals surface area contributed by atoms with Gasteiger partial charge in [-0.15, -0.1) is 0 Å². The van der Waals surface area contributed by atoms with E-state index >= 15 is 0 Å². The van der Waals surface area contributed by atoms with Gasteiger partial charge in [0.1, 0.15) is 5.75 Å². The summed E-state index contributed by atoms with van der Waals surface area (Å²) in [5.41, 5.74) is 2.06. The molecule has 0 spiro atoms. The summed E-state index contributed by atoms with van der Waals surface area (Å²) >= 11 is 0. The molecule has 0 aliphatic heterocycles. The lowest BCUT2D eigenvalue weighted by Crippen LogP contribution is -2.28. The van der Waals surface area contributed by atoms with Crippen LogP contribution in [0.25, 0.3) is 0 Å². The largest absolute Gasteiger partial charge is 0.496 e. The number of rotatable bonds is 6. The van der Waals surface area contributed by atoms with Crippen molar-refractivity contribution < 1.29 is 9.84 Å². The van der Waals surface area contributed by atoms with Crippen molar-refractivity contribution in [3.8, 4) is 5.75 Å². The first-order valence-corrected chi connectivity index (χ1v) is 6.55. The molecule has 3 heteroatoms. The fourth-order valence-corrected chi connectivity index (χ4v) is 1.82. The Balaban J connectivity index is 2.87. The fourth-order valence-electron chi connectivity index (χ4n) is 1.82. The first-order chi connectivity index (χ1) is 8.45. The normalized spacial score (nSPS) is 13.1. The van der Waals surface area contributed by atoms with Gasteiger partial charge >= 0.3 is 0 Å². The van der Waals surface area contributed by atoms with E-state index in [0.717, 1.165) is 11.3 Å². The van der Waals surface area contributed by atoms with Crippen LogP contribution in [0.4, 0.5) is 0 Å². The number of hydrogen-bond acceptors (Lipinski definition) is 3. The molecule has 0 amide bonds. The van der Waals surface area contributed by atoms with Crippen LogP contribution in [-0.2, 0) is 0 Å². The van der Waals surface area contributed by atoms with Gasteiger partial charge in [0.15, 0.2) is 0 Å². The second-order valence-corrected chi connectivity index (χ2v) is 5.23. The van der Waals surface area contributed by atoms with Gasteiger partial charge in [0, 0.05) is 18.2 Å². The predicted octanol–water partition coefficient (Wildman–Crippen LogP) is 2.85. The van der Waals surface area contributed by atoms with Crippen LogP contribution in [0.15, 0.2) is 18.2 Å². The third-order valence-electron chi connectivity index (χ3n) is 3.00. The van der Waals surface area contributed by atoms with Crippen molar-refractivity contribution in [1.82, 2.24) is 5.32 Å². The maximum Gasteiger partial charge on any atom is 0.124 e. The third-order valence-corrected chi connectivity index (χ3v) is 3.00. The molecule has 2 N–H and O–H groups in total. The van der Waals surface area contributed by atoms with E-state index in [9.17, 15) is 5.11 Å². The van der Waals surface area contributed by atoms with Crippen molar-refractivity contribution in [1.29, 1.82) is 0 Å². The zero-order valence-corrected chi connectivity index (χ0v) is 12.0. The number of aliphatic hydroxyl groups excluding tert-OH is 1. The highest BCUT2D eigenvalue weighted by Crippen LogP contribution is 2.28. The van der Waals surface area contributed by atoms with E-state index in [1.165, 1.54) is 5.56 Å². The van der Waals surface area contributed by atoms with Crippen LogP contribution >= 0.6 is 0 Å². The second kappa shape index (κ2) is 6.76. The highest BCUT2D eigenvalue weighted by Gasteiger charge is 2.14.